The molecule has 0 radical (unpaired) electrons. The highest BCUT2D eigenvalue weighted by atomic mass is 16.6. The number of amides is 1. The van der Waals surface area contributed by atoms with Crippen LogP contribution in [0.25, 0.3) is 0 Å². The molecule has 1 aliphatic carbocycles. The molecule has 4 heteroatoms. The van der Waals surface area contributed by atoms with Gasteiger partial charge in [-0.3, -0.25) is 0 Å². The number of rotatable bonds is 0. The van der Waals surface area contributed by atoms with E-state index in [1.807, 2.05) is 25.7 Å². The molecule has 1 saturated carbocycles. The number of nitrogens with zero attached hydrogens (tertiary/aromatic N) is 1. The molecule has 2 rings (SSSR count). The summed E-state index contributed by atoms with van der Waals surface area (Å²) in [7, 11) is 0. The van der Waals surface area contributed by atoms with Crippen LogP contribution in [0.5, 0.6) is 0 Å². The number of likely N-dealkylation sites (tertiary alicyclic amines) is 1. The summed E-state index contributed by atoms with van der Waals surface area (Å²) in [5, 5.41) is 0. The molecule has 1 aliphatic heterocycles. The van der Waals surface area contributed by atoms with E-state index in [9.17, 15) is 4.79 Å². The minimum absolute atomic E-state index is 0.157. The van der Waals surface area contributed by atoms with Gasteiger partial charge in [0.15, 0.2) is 0 Å². The molecule has 4 nitrogen and oxygen atoms in total. The van der Waals surface area contributed by atoms with E-state index in [0.717, 1.165) is 19.4 Å². The van der Waals surface area contributed by atoms with Gasteiger partial charge in [0, 0.05) is 12.6 Å². The first-order valence-electron chi connectivity index (χ1n) is 5.64. The molecule has 0 bridgehead atoms. The van der Waals surface area contributed by atoms with Crippen LogP contribution < -0.4 is 5.73 Å². The van der Waals surface area contributed by atoms with Gasteiger partial charge >= 0.3 is 6.09 Å². The zero-order valence-corrected chi connectivity index (χ0v) is 9.69. The van der Waals surface area contributed by atoms with Crippen molar-refractivity contribution in [1.29, 1.82) is 0 Å². The van der Waals surface area contributed by atoms with Crippen LogP contribution in [0.2, 0.25) is 0 Å². The fourth-order valence-corrected chi connectivity index (χ4v) is 2.54. The number of carbonyl (C=O) groups excluding carboxylic acids is 1. The molecular formula is C11H20N2O2. The summed E-state index contributed by atoms with van der Waals surface area (Å²) in [6, 6.07) is 0.393. The molecule has 0 aromatic carbocycles. The molecule has 1 saturated heterocycles. The van der Waals surface area contributed by atoms with E-state index in [1.54, 1.807) is 0 Å². The molecule has 1 heterocycles. The molecule has 0 aromatic heterocycles. The highest BCUT2D eigenvalue weighted by Crippen LogP contribution is 2.39. The van der Waals surface area contributed by atoms with Crippen LogP contribution in [-0.4, -0.2) is 35.2 Å². The largest absolute Gasteiger partial charge is 0.444 e. The Morgan fingerprint density at radius 1 is 1.47 bits per heavy atom. The van der Waals surface area contributed by atoms with Crippen molar-refractivity contribution in [3.05, 3.63) is 0 Å². The standard InChI is InChI=1S/C11H20N2O2/c1-11(2,3)15-10(14)13-5-4-7-6-8(12)9(7)13/h7-9H,4-6,12H2,1-3H3/t7-,8+,9-/m0/s1. The Labute approximate surface area is 90.8 Å². The second-order valence-corrected chi connectivity index (χ2v) is 5.61. The number of nitrogens with two attached hydrogens (primary N) is 1. The van der Waals surface area contributed by atoms with Gasteiger partial charge < -0.3 is 15.4 Å². The van der Waals surface area contributed by atoms with Crippen LogP contribution >= 0.6 is 0 Å². The molecular weight excluding hydrogens is 192 g/mol. The average Bonchev–Trinajstić information content (AvgIpc) is 2.38. The minimum Gasteiger partial charge on any atom is -0.444 e. The van der Waals surface area contributed by atoms with Gasteiger partial charge in [0.05, 0.1) is 6.04 Å². The quantitative estimate of drug-likeness (QED) is 0.659. The Hall–Kier alpha value is -0.770. The van der Waals surface area contributed by atoms with E-state index < -0.39 is 5.60 Å². The normalized spacial score (nSPS) is 34.7. The van der Waals surface area contributed by atoms with Gasteiger partial charge in [-0.15, -0.1) is 0 Å². The fraction of sp³-hybridized carbons (Fsp3) is 0.909. The van der Waals surface area contributed by atoms with Gasteiger partial charge in [-0.05, 0) is 39.5 Å². The van der Waals surface area contributed by atoms with E-state index in [0.29, 0.717) is 5.92 Å². The van der Waals surface area contributed by atoms with Crippen molar-refractivity contribution in [2.75, 3.05) is 6.54 Å². The van der Waals surface area contributed by atoms with Crippen molar-refractivity contribution < 1.29 is 9.53 Å². The van der Waals surface area contributed by atoms with Crippen molar-refractivity contribution in [1.82, 2.24) is 4.90 Å². The summed E-state index contributed by atoms with van der Waals surface area (Å²) in [6.07, 6.45) is 1.94. The molecule has 2 aliphatic rings. The average molecular weight is 212 g/mol. The summed E-state index contributed by atoms with van der Waals surface area (Å²) >= 11 is 0. The Bertz CT molecular complexity index is 272. The predicted octanol–water partition coefficient (Wildman–Crippen LogP) is 1.34. The monoisotopic (exact) mass is 212 g/mol. The Morgan fingerprint density at radius 2 is 2.13 bits per heavy atom. The Balaban J connectivity index is 1.97. The van der Waals surface area contributed by atoms with Crippen molar-refractivity contribution in [3.8, 4) is 0 Å². The van der Waals surface area contributed by atoms with Gasteiger partial charge in [-0.1, -0.05) is 0 Å². The van der Waals surface area contributed by atoms with Crippen LogP contribution in [0.1, 0.15) is 33.6 Å². The topological polar surface area (TPSA) is 55.6 Å². The summed E-state index contributed by atoms with van der Waals surface area (Å²) in [5.74, 6) is 0.618. The first-order chi connectivity index (χ1) is 6.88. The zero-order chi connectivity index (χ0) is 11.2. The lowest BCUT2D eigenvalue weighted by Crippen LogP contribution is -2.58. The molecule has 0 spiro atoms. The molecule has 15 heavy (non-hydrogen) atoms. The van der Waals surface area contributed by atoms with E-state index in [-0.39, 0.29) is 18.2 Å². The first kappa shape index (κ1) is 10.7. The third kappa shape index (κ3) is 1.95. The number of hydrogen-bond donors (Lipinski definition) is 1. The van der Waals surface area contributed by atoms with Crippen LogP contribution in [0.15, 0.2) is 0 Å². The summed E-state index contributed by atoms with van der Waals surface area (Å²) in [4.78, 5) is 13.7. The van der Waals surface area contributed by atoms with Gasteiger partial charge in [-0.25, -0.2) is 4.79 Å². The lowest BCUT2D eigenvalue weighted by atomic mass is 9.76. The van der Waals surface area contributed by atoms with Crippen LogP contribution in [0.4, 0.5) is 4.79 Å². The number of ether oxygens (including phenoxy) is 1. The van der Waals surface area contributed by atoms with Crippen molar-refractivity contribution in [3.63, 3.8) is 0 Å². The van der Waals surface area contributed by atoms with E-state index in [4.69, 9.17) is 10.5 Å². The third-order valence-electron chi connectivity index (χ3n) is 3.23. The van der Waals surface area contributed by atoms with Gasteiger partial charge in [0.1, 0.15) is 5.60 Å². The Kier molecular flexibility index (Phi) is 2.41. The first-order valence-corrected chi connectivity index (χ1v) is 5.64. The van der Waals surface area contributed by atoms with Crippen molar-refractivity contribution >= 4 is 6.09 Å². The van der Waals surface area contributed by atoms with Gasteiger partial charge in [-0.2, -0.15) is 0 Å². The molecule has 2 N–H and O–H groups in total. The van der Waals surface area contributed by atoms with E-state index >= 15 is 0 Å². The van der Waals surface area contributed by atoms with Gasteiger partial charge in [0.25, 0.3) is 0 Å². The highest BCUT2D eigenvalue weighted by Gasteiger charge is 2.49. The van der Waals surface area contributed by atoms with Crippen LogP contribution in [0, 0.1) is 5.92 Å². The molecule has 0 unspecified atom stereocenters. The maximum absolute atomic E-state index is 11.8. The van der Waals surface area contributed by atoms with E-state index in [1.165, 1.54) is 0 Å². The Morgan fingerprint density at radius 3 is 2.67 bits per heavy atom. The van der Waals surface area contributed by atoms with Gasteiger partial charge in [0.2, 0.25) is 0 Å². The SMILES string of the molecule is CC(C)(C)OC(=O)N1CC[C@H]2C[C@@H](N)[C@H]21. The molecule has 0 aromatic rings. The maximum atomic E-state index is 11.8. The molecule has 1 amide bonds. The fourth-order valence-electron chi connectivity index (χ4n) is 2.54. The zero-order valence-electron chi connectivity index (χ0n) is 9.69. The lowest BCUT2D eigenvalue weighted by Gasteiger charge is -2.42. The van der Waals surface area contributed by atoms with Crippen LogP contribution in [0.3, 0.4) is 0 Å². The summed E-state index contributed by atoms with van der Waals surface area (Å²) in [6.45, 7) is 6.47. The maximum Gasteiger partial charge on any atom is 0.410 e. The minimum atomic E-state index is -0.414. The number of hydrogen-bond acceptors (Lipinski definition) is 3. The second kappa shape index (κ2) is 3.37. The second-order valence-electron chi connectivity index (χ2n) is 5.61. The van der Waals surface area contributed by atoms with Crippen molar-refractivity contribution in [2.45, 2.75) is 51.3 Å². The smallest absolute Gasteiger partial charge is 0.410 e. The molecule has 2 fully saturated rings. The number of carbonyl (C=O) groups is 1. The summed E-state index contributed by atoms with van der Waals surface area (Å²) < 4.78 is 5.35. The lowest BCUT2D eigenvalue weighted by molar-refractivity contribution is 0.00928. The third-order valence-corrected chi connectivity index (χ3v) is 3.23. The van der Waals surface area contributed by atoms with Crippen LogP contribution in [-0.2, 0) is 4.74 Å². The summed E-state index contributed by atoms with van der Waals surface area (Å²) in [5.41, 5.74) is 5.49. The predicted molar refractivity (Wildman–Crippen MR) is 57.4 cm³/mol. The van der Waals surface area contributed by atoms with E-state index in [2.05, 4.69) is 0 Å². The number of fused-ring (bicyclic) bond motifs is 1. The van der Waals surface area contributed by atoms with Crippen molar-refractivity contribution in [2.24, 2.45) is 11.7 Å². The highest BCUT2D eigenvalue weighted by molar-refractivity contribution is 5.69. The molecule has 3 atom stereocenters. The molecule has 86 valence electrons.